The highest BCUT2D eigenvalue weighted by atomic mass is 32.2. The molecule has 2 amide bonds. The Morgan fingerprint density at radius 1 is 0.966 bits per heavy atom. The van der Waals surface area contributed by atoms with Gasteiger partial charge in [0.05, 0.1) is 4.90 Å². The van der Waals surface area contributed by atoms with Gasteiger partial charge in [-0.25, -0.2) is 8.42 Å². The van der Waals surface area contributed by atoms with E-state index < -0.39 is 21.8 Å². The monoisotopic (exact) mass is 415 g/mol. The van der Waals surface area contributed by atoms with E-state index in [-0.39, 0.29) is 17.5 Å². The number of hydrogen-bond donors (Lipinski definition) is 2. The molecule has 2 aromatic carbocycles. The van der Waals surface area contributed by atoms with Crippen molar-refractivity contribution in [2.75, 3.05) is 18.4 Å². The van der Waals surface area contributed by atoms with Crippen molar-refractivity contribution < 1.29 is 18.0 Å². The summed E-state index contributed by atoms with van der Waals surface area (Å²) in [4.78, 5) is 24.5. The molecule has 1 atom stereocenters. The summed E-state index contributed by atoms with van der Waals surface area (Å²) >= 11 is 0. The van der Waals surface area contributed by atoms with Gasteiger partial charge in [0.25, 0.3) is 0 Å². The Morgan fingerprint density at radius 2 is 1.55 bits per heavy atom. The van der Waals surface area contributed by atoms with Crippen LogP contribution >= 0.6 is 0 Å². The number of aryl methyl sites for hydroxylation is 2. The minimum absolute atomic E-state index is 0.0885. The lowest BCUT2D eigenvalue weighted by atomic mass is 10.2. The standard InChI is InChI=1S/C21H25N3O4S/c1-15-5-9-17(10-6-15)23-21(26)20(25)22-14-18-4-3-13-24(18)29(27,28)19-11-7-16(2)8-12-19/h5-12,18H,3-4,13-14H2,1-2H3,(H,22,25)(H,23,26). The predicted molar refractivity (Wildman–Crippen MR) is 111 cm³/mol. The van der Waals surface area contributed by atoms with Gasteiger partial charge in [0.15, 0.2) is 0 Å². The number of hydrogen-bond acceptors (Lipinski definition) is 4. The zero-order valence-electron chi connectivity index (χ0n) is 16.5. The summed E-state index contributed by atoms with van der Waals surface area (Å²) in [5, 5.41) is 5.10. The fourth-order valence-electron chi connectivity index (χ4n) is 3.29. The van der Waals surface area contributed by atoms with Gasteiger partial charge in [-0.15, -0.1) is 0 Å². The maximum atomic E-state index is 12.9. The molecule has 1 fully saturated rings. The van der Waals surface area contributed by atoms with Crippen molar-refractivity contribution in [2.45, 2.75) is 37.6 Å². The van der Waals surface area contributed by atoms with Gasteiger partial charge in [-0.05, 0) is 51.0 Å². The summed E-state index contributed by atoms with van der Waals surface area (Å²) in [7, 11) is -3.64. The van der Waals surface area contributed by atoms with Crippen LogP contribution in [0.4, 0.5) is 5.69 Å². The van der Waals surface area contributed by atoms with E-state index in [9.17, 15) is 18.0 Å². The molecule has 29 heavy (non-hydrogen) atoms. The molecule has 0 radical (unpaired) electrons. The Kier molecular flexibility index (Phi) is 6.34. The maximum Gasteiger partial charge on any atom is 0.313 e. The number of nitrogens with zero attached hydrogens (tertiary/aromatic N) is 1. The van der Waals surface area contributed by atoms with E-state index in [1.165, 1.54) is 4.31 Å². The van der Waals surface area contributed by atoms with Gasteiger partial charge in [-0.1, -0.05) is 35.4 Å². The first-order chi connectivity index (χ1) is 13.8. The molecule has 2 N–H and O–H groups in total. The van der Waals surface area contributed by atoms with Crippen LogP contribution in [0.15, 0.2) is 53.4 Å². The molecule has 3 rings (SSSR count). The topological polar surface area (TPSA) is 95.6 Å². The van der Waals surface area contributed by atoms with Gasteiger partial charge in [0.2, 0.25) is 10.0 Å². The molecule has 1 aliphatic rings. The van der Waals surface area contributed by atoms with E-state index in [1.54, 1.807) is 36.4 Å². The van der Waals surface area contributed by atoms with E-state index in [4.69, 9.17) is 0 Å². The molecule has 8 heteroatoms. The molecule has 1 unspecified atom stereocenters. The molecular formula is C21H25N3O4S. The van der Waals surface area contributed by atoms with Crippen LogP contribution in [0.5, 0.6) is 0 Å². The quantitative estimate of drug-likeness (QED) is 0.732. The van der Waals surface area contributed by atoms with Crippen molar-refractivity contribution in [1.29, 1.82) is 0 Å². The Hall–Kier alpha value is -2.71. The van der Waals surface area contributed by atoms with Crippen molar-refractivity contribution in [1.82, 2.24) is 9.62 Å². The lowest BCUT2D eigenvalue weighted by Crippen LogP contribution is -2.45. The molecular weight excluding hydrogens is 390 g/mol. The molecule has 2 aromatic rings. The average Bonchev–Trinajstić information content (AvgIpc) is 3.17. The van der Waals surface area contributed by atoms with Crippen LogP contribution in [0.2, 0.25) is 0 Å². The number of sulfonamides is 1. The van der Waals surface area contributed by atoms with Gasteiger partial charge in [0.1, 0.15) is 0 Å². The van der Waals surface area contributed by atoms with Crippen molar-refractivity contribution in [2.24, 2.45) is 0 Å². The Labute approximate surface area is 171 Å². The zero-order chi connectivity index (χ0) is 21.0. The van der Waals surface area contributed by atoms with Crippen LogP contribution in [0.25, 0.3) is 0 Å². The van der Waals surface area contributed by atoms with Crippen molar-refractivity contribution in [3.63, 3.8) is 0 Å². The van der Waals surface area contributed by atoms with Crippen LogP contribution in [-0.2, 0) is 19.6 Å². The minimum atomic E-state index is -3.64. The molecule has 154 valence electrons. The largest absolute Gasteiger partial charge is 0.346 e. The highest BCUT2D eigenvalue weighted by Crippen LogP contribution is 2.26. The molecule has 1 saturated heterocycles. The normalized spacial score (nSPS) is 17.1. The lowest BCUT2D eigenvalue weighted by molar-refractivity contribution is -0.136. The summed E-state index contributed by atoms with van der Waals surface area (Å²) in [6, 6.07) is 13.4. The van der Waals surface area contributed by atoms with Crippen molar-refractivity contribution in [3.05, 3.63) is 59.7 Å². The summed E-state index contributed by atoms with van der Waals surface area (Å²) in [5.74, 6) is -1.56. The Bertz CT molecular complexity index is 986. The average molecular weight is 416 g/mol. The van der Waals surface area contributed by atoms with E-state index in [0.29, 0.717) is 25.1 Å². The van der Waals surface area contributed by atoms with Crippen LogP contribution < -0.4 is 10.6 Å². The summed E-state index contributed by atoms with van der Waals surface area (Å²) < 4.78 is 27.3. The second kappa shape index (κ2) is 8.75. The number of anilines is 1. The Morgan fingerprint density at radius 3 is 2.17 bits per heavy atom. The molecule has 0 spiro atoms. The second-order valence-electron chi connectivity index (χ2n) is 7.26. The first kappa shape index (κ1) is 21.0. The third kappa shape index (κ3) is 5.02. The highest BCUT2D eigenvalue weighted by molar-refractivity contribution is 7.89. The lowest BCUT2D eigenvalue weighted by Gasteiger charge is -2.24. The van der Waals surface area contributed by atoms with Gasteiger partial charge >= 0.3 is 11.8 Å². The summed E-state index contributed by atoms with van der Waals surface area (Å²) in [5.41, 5.74) is 2.55. The number of rotatable bonds is 5. The van der Waals surface area contributed by atoms with Crippen LogP contribution in [0.3, 0.4) is 0 Å². The fraction of sp³-hybridized carbons (Fsp3) is 0.333. The molecule has 0 bridgehead atoms. The third-order valence-corrected chi connectivity index (χ3v) is 6.93. The van der Waals surface area contributed by atoms with Gasteiger partial charge in [0, 0.05) is 24.8 Å². The second-order valence-corrected chi connectivity index (χ2v) is 9.15. The Balaban J connectivity index is 1.60. The molecule has 0 aliphatic carbocycles. The minimum Gasteiger partial charge on any atom is -0.346 e. The molecule has 7 nitrogen and oxygen atoms in total. The van der Waals surface area contributed by atoms with Gasteiger partial charge in [-0.3, -0.25) is 9.59 Å². The van der Waals surface area contributed by atoms with Crippen molar-refractivity contribution >= 4 is 27.5 Å². The van der Waals surface area contributed by atoms with Gasteiger partial charge < -0.3 is 10.6 Å². The first-order valence-electron chi connectivity index (χ1n) is 9.52. The number of carbonyl (C=O) groups is 2. The summed E-state index contributed by atoms with van der Waals surface area (Å²) in [6.45, 7) is 4.31. The summed E-state index contributed by atoms with van der Waals surface area (Å²) in [6.07, 6.45) is 1.34. The fourth-order valence-corrected chi connectivity index (χ4v) is 4.98. The number of nitrogens with one attached hydrogen (secondary N) is 2. The van der Waals surface area contributed by atoms with E-state index in [1.807, 2.05) is 26.0 Å². The van der Waals surface area contributed by atoms with E-state index in [2.05, 4.69) is 10.6 Å². The van der Waals surface area contributed by atoms with Gasteiger partial charge in [-0.2, -0.15) is 4.31 Å². The number of amides is 2. The zero-order valence-corrected chi connectivity index (χ0v) is 17.3. The van der Waals surface area contributed by atoms with Crippen LogP contribution in [-0.4, -0.2) is 43.7 Å². The maximum absolute atomic E-state index is 12.9. The third-order valence-electron chi connectivity index (χ3n) is 4.96. The highest BCUT2D eigenvalue weighted by Gasteiger charge is 2.35. The molecule has 0 saturated carbocycles. The van der Waals surface area contributed by atoms with E-state index >= 15 is 0 Å². The van der Waals surface area contributed by atoms with Crippen LogP contribution in [0.1, 0.15) is 24.0 Å². The van der Waals surface area contributed by atoms with Crippen LogP contribution in [0, 0.1) is 13.8 Å². The smallest absolute Gasteiger partial charge is 0.313 e. The molecule has 0 aromatic heterocycles. The number of benzene rings is 2. The van der Waals surface area contributed by atoms with Crippen molar-refractivity contribution in [3.8, 4) is 0 Å². The predicted octanol–water partition coefficient (Wildman–Crippen LogP) is 2.21. The SMILES string of the molecule is Cc1ccc(NC(=O)C(=O)NCC2CCCN2S(=O)(=O)c2ccc(C)cc2)cc1. The molecule has 1 aliphatic heterocycles. The van der Waals surface area contributed by atoms with E-state index in [0.717, 1.165) is 11.1 Å². The number of carbonyl (C=O) groups excluding carboxylic acids is 2. The molecule has 1 heterocycles. The first-order valence-corrected chi connectivity index (χ1v) is 11.0.